The molecule has 0 saturated carbocycles. The molecule has 160 valence electrons. The van der Waals surface area contributed by atoms with Crippen molar-refractivity contribution in [2.45, 2.75) is 50.5 Å². The maximum Gasteiger partial charge on any atom is 0.170 e. The van der Waals surface area contributed by atoms with Gasteiger partial charge in [-0.3, -0.25) is 0 Å². The van der Waals surface area contributed by atoms with Gasteiger partial charge in [0.25, 0.3) is 0 Å². The zero-order valence-electron chi connectivity index (χ0n) is 17.8. The van der Waals surface area contributed by atoms with Crippen LogP contribution in [0.4, 0.5) is 11.5 Å². The highest BCUT2D eigenvalue weighted by molar-refractivity contribution is 7.80. The molecule has 2 aromatic rings. The summed E-state index contributed by atoms with van der Waals surface area (Å²) >= 11 is 5.59. The molecule has 2 N–H and O–H groups in total. The van der Waals surface area contributed by atoms with Gasteiger partial charge in [-0.2, -0.15) is 0 Å². The number of anilines is 2. The molecule has 4 rings (SSSR count). The van der Waals surface area contributed by atoms with Gasteiger partial charge in [-0.25, -0.2) is 4.98 Å². The van der Waals surface area contributed by atoms with Crippen LogP contribution in [-0.4, -0.2) is 42.4 Å². The van der Waals surface area contributed by atoms with Crippen LogP contribution in [0.2, 0.25) is 0 Å². The third-order valence-electron chi connectivity index (χ3n) is 6.53. The number of thiocarbonyl (C=S) groups is 1. The summed E-state index contributed by atoms with van der Waals surface area (Å²) in [5, 5.41) is 7.39. The lowest BCUT2D eigenvalue weighted by atomic mass is 9.74. The molecule has 5 nitrogen and oxygen atoms in total. The summed E-state index contributed by atoms with van der Waals surface area (Å²) in [6.07, 6.45) is 7.67. The van der Waals surface area contributed by atoms with Gasteiger partial charge in [0.1, 0.15) is 5.82 Å². The lowest BCUT2D eigenvalue weighted by Crippen LogP contribution is -2.45. The van der Waals surface area contributed by atoms with Crippen LogP contribution < -0.4 is 15.5 Å². The smallest absolute Gasteiger partial charge is 0.170 e. The molecule has 1 aromatic carbocycles. The van der Waals surface area contributed by atoms with Crippen molar-refractivity contribution in [2.75, 3.05) is 36.5 Å². The van der Waals surface area contributed by atoms with Crippen LogP contribution in [0.3, 0.4) is 0 Å². The van der Waals surface area contributed by atoms with Crippen LogP contribution in [0.15, 0.2) is 48.7 Å². The minimum absolute atomic E-state index is 0.0533. The van der Waals surface area contributed by atoms with Gasteiger partial charge in [0, 0.05) is 37.8 Å². The van der Waals surface area contributed by atoms with E-state index in [0.717, 1.165) is 50.7 Å². The minimum atomic E-state index is 0.0533. The number of nitrogens with zero attached hydrogens (tertiary/aromatic N) is 2. The second-order valence-corrected chi connectivity index (χ2v) is 8.92. The lowest BCUT2D eigenvalue weighted by Gasteiger charge is -2.38. The summed E-state index contributed by atoms with van der Waals surface area (Å²) in [7, 11) is 0. The van der Waals surface area contributed by atoms with E-state index in [1.54, 1.807) is 0 Å². The van der Waals surface area contributed by atoms with Gasteiger partial charge in [0.2, 0.25) is 0 Å². The number of piperidine rings is 1. The van der Waals surface area contributed by atoms with E-state index < -0.39 is 0 Å². The molecule has 2 aliphatic heterocycles. The molecule has 1 aromatic heterocycles. The van der Waals surface area contributed by atoms with Gasteiger partial charge in [0.15, 0.2) is 5.11 Å². The van der Waals surface area contributed by atoms with Gasteiger partial charge in [-0.15, -0.1) is 0 Å². The van der Waals surface area contributed by atoms with E-state index in [9.17, 15) is 0 Å². The number of ether oxygens (including phenoxy) is 1. The van der Waals surface area contributed by atoms with Crippen molar-refractivity contribution in [3.05, 3.63) is 54.2 Å². The van der Waals surface area contributed by atoms with E-state index in [-0.39, 0.29) is 5.41 Å². The van der Waals surface area contributed by atoms with E-state index in [0.29, 0.717) is 11.2 Å². The highest BCUT2D eigenvalue weighted by Crippen LogP contribution is 2.34. The first-order valence-electron chi connectivity index (χ1n) is 11.1. The number of nitrogens with one attached hydrogen (secondary N) is 2. The molecular formula is C24H32N4OS. The van der Waals surface area contributed by atoms with Crippen molar-refractivity contribution in [1.82, 2.24) is 10.3 Å². The predicted octanol–water partition coefficient (Wildman–Crippen LogP) is 4.50. The maximum atomic E-state index is 5.63. The Labute approximate surface area is 185 Å². The molecule has 0 aliphatic carbocycles. The molecular weight excluding hydrogens is 392 g/mol. The Morgan fingerprint density at radius 2 is 1.97 bits per heavy atom. The number of rotatable bonds is 5. The second-order valence-electron chi connectivity index (χ2n) is 8.51. The number of benzene rings is 1. The molecule has 0 amide bonds. The first-order chi connectivity index (χ1) is 14.7. The molecule has 2 aliphatic rings. The zero-order valence-corrected chi connectivity index (χ0v) is 18.6. The highest BCUT2D eigenvalue weighted by Gasteiger charge is 2.34. The first kappa shape index (κ1) is 21.1. The van der Waals surface area contributed by atoms with Crippen molar-refractivity contribution >= 4 is 28.8 Å². The van der Waals surface area contributed by atoms with Gasteiger partial charge in [0.05, 0.1) is 11.9 Å². The van der Waals surface area contributed by atoms with Crippen LogP contribution in [-0.2, 0) is 10.2 Å². The largest absolute Gasteiger partial charge is 0.381 e. The van der Waals surface area contributed by atoms with E-state index in [1.165, 1.54) is 24.8 Å². The Morgan fingerprint density at radius 1 is 1.17 bits per heavy atom. The van der Waals surface area contributed by atoms with Gasteiger partial charge >= 0.3 is 0 Å². The zero-order chi connectivity index (χ0) is 20.8. The summed E-state index contributed by atoms with van der Waals surface area (Å²) in [6, 6.07) is 15.4. The minimum Gasteiger partial charge on any atom is -0.381 e. The van der Waals surface area contributed by atoms with E-state index in [1.807, 2.05) is 6.20 Å². The monoisotopic (exact) mass is 424 g/mol. The number of pyridine rings is 1. The molecule has 0 bridgehead atoms. The SMILES string of the molecule is C[C@@H]1CCCCN1c1ccc(NC(=S)NCC2(c3ccccc3)CCOCC2)cn1. The fourth-order valence-electron chi connectivity index (χ4n) is 4.61. The average Bonchev–Trinajstić information content (AvgIpc) is 2.80. The van der Waals surface area contributed by atoms with Gasteiger partial charge in [-0.05, 0) is 68.9 Å². The summed E-state index contributed by atoms with van der Waals surface area (Å²) < 4.78 is 5.63. The predicted molar refractivity (Wildman–Crippen MR) is 127 cm³/mol. The molecule has 2 fully saturated rings. The molecule has 0 spiro atoms. The Morgan fingerprint density at radius 3 is 2.67 bits per heavy atom. The van der Waals surface area contributed by atoms with Crippen molar-refractivity contribution in [3.8, 4) is 0 Å². The van der Waals surface area contributed by atoms with Crippen molar-refractivity contribution in [3.63, 3.8) is 0 Å². The summed E-state index contributed by atoms with van der Waals surface area (Å²) in [5.74, 6) is 1.05. The molecule has 0 unspecified atom stereocenters. The molecule has 0 radical (unpaired) electrons. The number of aromatic nitrogens is 1. The lowest BCUT2D eigenvalue weighted by molar-refractivity contribution is 0.0515. The van der Waals surface area contributed by atoms with Crippen molar-refractivity contribution in [1.29, 1.82) is 0 Å². The van der Waals surface area contributed by atoms with E-state index in [2.05, 4.69) is 69.9 Å². The number of hydrogen-bond acceptors (Lipinski definition) is 4. The summed E-state index contributed by atoms with van der Waals surface area (Å²) in [6.45, 7) is 5.74. The van der Waals surface area contributed by atoms with Crippen molar-refractivity contribution in [2.24, 2.45) is 0 Å². The molecule has 6 heteroatoms. The van der Waals surface area contributed by atoms with E-state index in [4.69, 9.17) is 17.0 Å². The maximum absolute atomic E-state index is 5.63. The standard InChI is InChI=1S/C24H32N4OS/c1-19-7-5-6-14-28(19)22-11-10-21(17-25-22)27-23(30)26-18-24(12-15-29-16-13-24)20-8-3-2-4-9-20/h2-4,8-11,17,19H,5-7,12-16,18H2,1H3,(H2,26,27,30)/t19-/m1/s1. The Kier molecular flexibility index (Phi) is 6.85. The third kappa shape index (κ3) is 4.93. The van der Waals surface area contributed by atoms with Crippen LogP contribution in [0, 0.1) is 0 Å². The summed E-state index contributed by atoms with van der Waals surface area (Å²) in [4.78, 5) is 7.08. The summed E-state index contributed by atoms with van der Waals surface area (Å²) in [5.41, 5.74) is 2.32. The number of hydrogen-bond donors (Lipinski definition) is 2. The first-order valence-corrected chi connectivity index (χ1v) is 11.5. The third-order valence-corrected chi connectivity index (χ3v) is 6.77. The highest BCUT2D eigenvalue weighted by atomic mass is 32.1. The van der Waals surface area contributed by atoms with Crippen LogP contribution >= 0.6 is 12.2 Å². The van der Waals surface area contributed by atoms with Gasteiger partial charge in [-0.1, -0.05) is 30.3 Å². The van der Waals surface area contributed by atoms with Crippen LogP contribution in [0.25, 0.3) is 0 Å². The van der Waals surface area contributed by atoms with Crippen LogP contribution in [0.1, 0.15) is 44.6 Å². The molecule has 3 heterocycles. The fourth-order valence-corrected chi connectivity index (χ4v) is 4.80. The molecule has 2 saturated heterocycles. The molecule has 1 atom stereocenters. The Bertz CT molecular complexity index is 821. The Hall–Kier alpha value is -2.18. The fraction of sp³-hybridized carbons (Fsp3) is 0.500. The van der Waals surface area contributed by atoms with Gasteiger partial charge < -0.3 is 20.3 Å². The normalized spacial score (nSPS) is 21.1. The van der Waals surface area contributed by atoms with E-state index >= 15 is 0 Å². The topological polar surface area (TPSA) is 49.4 Å². The quantitative estimate of drug-likeness (QED) is 0.690. The second kappa shape index (κ2) is 9.75. The Balaban J connectivity index is 1.36. The average molecular weight is 425 g/mol. The molecule has 30 heavy (non-hydrogen) atoms. The van der Waals surface area contributed by atoms with Crippen molar-refractivity contribution < 1.29 is 4.74 Å². The van der Waals surface area contributed by atoms with Crippen LogP contribution in [0.5, 0.6) is 0 Å².